The van der Waals surface area contributed by atoms with Crippen LogP contribution in [-0.2, 0) is 0 Å². The van der Waals surface area contributed by atoms with Gasteiger partial charge in [-0.2, -0.15) is 0 Å². The van der Waals surface area contributed by atoms with E-state index in [-0.39, 0.29) is 17.1 Å². The zero-order valence-corrected chi connectivity index (χ0v) is 19.0. The number of allylic oxidation sites excluding steroid dienone is 1. The van der Waals surface area contributed by atoms with E-state index >= 15 is 0 Å². The van der Waals surface area contributed by atoms with Crippen molar-refractivity contribution in [2.75, 3.05) is 0 Å². The first kappa shape index (κ1) is 21.4. The molecule has 0 saturated heterocycles. The second kappa shape index (κ2) is 7.38. The van der Waals surface area contributed by atoms with Crippen molar-refractivity contribution in [3.63, 3.8) is 0 Å². The zero-order chi connectivity index (χ0) is 21.0. The number of hydrogen-bond donors (Lipinski definition) is 2. The Balaban J connectivity index is 1.58. The summed E-state index contributed by atoms with van der Waals surface area (Å²) in [5.41, 5.74) is 0.943. The predicted molar refractivity (Wildman–Crippen MR) is 119 cm³/mol. The molecule has 8 atom stereocenters. The Hall–Kier alpha value is -0.850. The quantitative estimate of drug-likeness (QED) is 0.585. The van der Waals surface area contributed by atoms with Crippen molar-refractivity contribution >= 4 is 0 Å². The molecule has 3 nitrogen and oxygen atoms in total. The average molecular weight is 401 g/mol. The van der Waals surface area contributed by atoms with Crippen LogP contribution in [-0.4, -0.2) is 27.5 Å². The summed E-state index contributed by atoms with van der Waals surface area (Å²) < 4.78 is 0. The highest BCUT2D eigenvalue weighted by Gasteiger charge is 2.70. The van der Waals surface area contributed by atoms with Crippen molar-refractivity contribution in [1.29, 1.82) is 0 Å². The molecule has 0 amide bonds. The molecule has 4 rings (SSSR count). The second-order valence-corrected chi connectivity index (χ2v) is 11.8. The average Bonchev–Trinajstić information content (AvgIpc) is 2.98. The van der Waals surface area contributed by atoms with E-state index in [4.69, 9.17) is 6.57 Å². The van der Waals surface area contributed by atoms with Crippen LogP contribution in [0.4, 0.5) is 0 Å². The minimum Gasteiger partial charge on any atom is -0.393 e. The van der Waals surface area contributed by atoms with E-state index in [2.05, 4.69) is 24.8 Å². The van der Waals surface area contributed by atoms with Crippen LogP contribution in [0.1, 0.15) is 91.9 Å². The fraction of sp³-hybridized carbons (Fsp3) is 0.885. The maximum absolute atomic E-state index is 10.3. The number of aliphatic hydroxyl groups excluding tert-OH is 1. The lowest BCUT2D eigenvalue weighted by atomic mass is 9.49. The molecule has 3 saturated carbocycles. The standard InChI is InChI=1S/C26H42NO2/c1-17(10-13-24(2,3)29)26(27-5)15-12-23-22-8-6-18-16-19(28)7-9-20(18)21(22)11-14-25(23,26)4/h5-6,17,19-23,28-29H,7-16H2,1-4H3/q+1/t17-,19?,20+,21?,22?,23?,25+,26+/m1/s1. The Morgan fingerprint density at radius 1 is 1.21 bits per heavy atom. The fourth-order valence-corrected chi connectivity index (χ4v) is 8.26. The monoisotopic (exact) mass is 400 g/mol. The number of rotatable bonds is 4. The lowest BCUT2D eigenvalue weighted by molar-refractivity contribution is -0.0321. The summed E-state index contributed by atoms with van der Waals surface area (Å²) in [6.45, 7) is 14.8. The highest BCUT2D eigenvalue weighted by atomic mass is 16.3. The summed E-state index contributed by atoms with van der Waals surface area (Å²) in [7, 11) is 0. The van der Waals surface area contributed by atoms with Gasteiger partial charge in [-0.3, -0.25) is 0 Å². The van der Waals surface area contributed by atoms with Gasteiger partial charge in [-0.15, -0.1) is 0 Å². The van der Waals surface area contributed by atoms with Gasteiger partial charge in [-0.1, -0.05) is 30.3 Å². The van der Waals surface area contributed by atoms with Crippen LogP contribution in [0.25, 0.3) is 4.85 Å². The van der Waals surface area contributed by atoms with Gasteiger partial charge in [-0.25, -0.2) is 0 Å². The molecule has 2 N–H and O–H groups in total. The number of aliphatic hydroxyl groups is 2. The Morgan fingerprint density at radius 3 is 2.66 bits per heavy atom. The molecule has 0 spiro atoms. The third kappa shape index (κ3) is 3.39. The first-order chi connectivity index (χ1) is 13.6. The molecule has 0 aromatic rings. The van der Waals surface area contributed by atoms with Gasteiger partial charge >= 0.3 is 0 Å². The van der Waals surface area contributed by atoms with Gasteiger partial charge in [0, 0.05) is 12.3 Å². The predicted octanol–water partition coefficient (Wildman–Crippen LogP) is 5.81. The molecule has 29 heavy (non-hydrogen) atoms. The molecule has 162 valence electrons. The fourth-order valence-electron chi connectivity index (χ4n) is 8.26. The Kier molecular flexibility index (Phi) is 5.44. The van der Waals surface area contributed by atoms with E-state index in [1.165, 1.54) is 32.1 Å². The summed E-state index contributed by atoms with van der Waals surface area (Å²) >= 11 is 0. The van der Waals surface area contributed by atoms with Gasteiger partial charge in [-0.05, 0) is 95.3 Å². The van der Waals surface area contributed by atoms with Crippen molar-refractivity contribution in [2.45, 2.75) is 109 Å². The molecular weight excluding hydrogens is 358 g/mol. The van der Waals surface area contributed by atoms with Crippen LogP contribution < -0.4 is 0 Å². The Labute approximate surface area is 177 Å². The van der Waals surface area contributed by atoms with E-state index in [1.54, 1.807) is 5.57 Å². The van der Waals surface area contributed by atoms with E-state index in [9.17, 15) is 10.2 Å². The molecule has 4 aliphatic carbocycles. The first-order valence-corrected chi connectivity index (χ1v) is 12.1. The lowest BCUT2D eigenvalue weighted by Gasteiger charge is -2.53. The van der Waals surface area contributed by atoms with E-state index in [1.807, 2.05) is 13.8 Å². The third-order valence-corrected chi connectivity index (χ3v) is 9.87. The molecule has 0 bridgehead atoms. The Morgan fingerprint density at radius 2 is 1.97 bits per heavy atom. The van der Waals surface area contributed by atoms with Crippen LogP contribution in [0.15, 0.2) is 11.6 Å². The van der Waals surface area contributed by atoms with E-state index in [0.717, 1.165) is 43.9 Å². The molecule has 4 aliphatic rings. The van der Waals surface area contributed by atoms with Gasteiger partial charge in [0.1, 0.15) is 0 Å². The van der Waals surface area contributed by atoms with Crippen molar-refractivity contribution in [3.05, 3.63) is 16.5 Å². The maximum atomic E-state index is 10.3. The summed E-state index contributed by atoms with van der Waals surface area (Å²) in [5.74, 6) is 3.34. The minimum absolute atomic E-state index is 0.116. The van der Waals surface area contributed by atoms with Crippen LogP contribution in [0.2, 0.25) is 0 Å². The maximum Gasteiger partial charge on any atom is 0.288 e. The minimum atomic E-state index is -0.628. The van der Waals surface area contributed by atoms with Crippen LogP contribution in [0.5, 0.6) is 0 Å². The molecule has 0 heterocycles. The normalized spacial score (nSPS) is 45.4. The molecule has 4 unspecified atom stereocenters. The molecule has 3 fully saturated rings. The zero-order valence-electron chi connectivity index (χ0n) is 19.0. The van der Waals surface area contributed by atoms with E-state index in [0.29, 0.717) is 17.8 Å². The molecule has 0 aromatic carbocycles. The van der Waals surface area contributed by atoms with Gasteiger partial charge in [0.2, 0.25) is 0 Å². The SMILES string of the molecule is C#[N+][C@]1([C@H](C)CCC(C)(C)O)CCC2C3CC=C4CC(O)CC[C@@H]4C3CC[C@@]21C. The summed E-state index contributed by atoms with van der Waals surface area (Å²) in [4.78, 5) is 4.67. The largest absolute Gasteiger partial charge is 0.393 e. The van der Waals surface area contributed by atoms with Crippen molar-refractivity contribution in [1.82, 2.24) is 0 Å². The van der Waals surface area contributed by atoms with Gasteiger partial charge in [0.25, 0.3) is 12.1 Å². The highest BCUT2D eigenvalue weighted by Crippen LogP contribution is 2.67. The van der Waals surface area contributed by atoms with Crippen LogP contribution >= 0.6 is 0 Å². The van der Waals surface area contributed by atoms with Crippen molar-refractivity contribution in [2.24, 2.45) is 35.0 Å². The summed E-state index contributed by atoms with van der Waals surface area (Å²) in [6.07, 6.45) is 13.2. The summed E-state index contributed by atoms with van der Waals surface area (Å²) in [5, 5.41) is 20.4. The van der Waals surface area contributed by atoms with Gasteiger partial charge in [0.05, 0.1) is 17.1 Å². The molecule has 0 aromatic heterocycles. The second-order valence-electron chi connectivity index (χ2n) is 11.8. The third-order valence-electron chi connectivity index (χ3n) is 9.87. The van der Waals surface area contributed by atoms with Gasteiger partial charge < -0.3 is 10.2 Å². The molecule has 0 aliphatic heterocycles. The number of fused-ring (bicyclic) bond motifs is 5. The highest BCUT2D eigenvalue weighted by molar-refractivity contribution is 5.26. The smallest absolute Gasteiger partial charge is 0.288 e. The van der Waals surface area contributed by atoms with Crippen molar-refractivity contribution in [3.8, 4) is 6.57 Å². The molecule has 3 heteroatoms. The van der Waals surface area contributed by atoms with Crippen molar-refractivity contribution < 1.29 is 10.2 Å². The topological polar surface area (TPSA) is 44.8 Å². The van der Waals surface area contributed by atoms with E-state index < -0.39 is 5.60 Å². The molecule has 0 radical (unpaired) electrons. The van der Waals surface area contributed by atoms with Crippen LogP contribution in [0.3, 0.4) is 0 Å². The van der Waals surface area contributed by atoms with Crippen LogP contribution in [0, 0.1) is 41.6 Å². The summed E-state index contributed by atoms with van der Waals surface area (Å²) in [6, 6.07) is 0. The lowest BCUT2D eigenvalue weighted by Crippen LogP contribution is -2.53. The number of hydrogen-bond acceptors (Lipinski definition) is 2. The first-order valence-electron chi connectivity index (χ1n) is 12.1. The Bertz CT molecular complexity index is 700. The number of nitrogens with zero attached hydrogens (tertiary/aromatic N) is 1. The molecular formula is C26H42NO2+. The van der Waals surface area contributed by atoms with Gasteiger partial charge in [0.15, 0.2) is 0 Å².